The van der Waals surface area contributed by atoms with E-state index in [0.717, 1.165) is 35.7 Å². The molecule has 0 saturated carbocycles. The molecule has 0 spiro atoms. The van der Waals surface area contributed by atoms with Crippen LogP contribution in [0, 0.1) is 6.92 Å². The molecule has 1 saturated heterocycles. The number of nitrogens with zero attached hydrogens (tertiary/aromatic N) is 2. The van der Waals surface area contributed by atoms with Crippen LogP contribution < -0.4 is 5.43 Å². The van der Waals surface area contributed by atoms with Gasteiger partial charge in [0.2, 0.25) is 0 Å². The molecule has 1 fully saturated rings. The number of hydrogen-bond donors (Lipinski definition) is 1. The van der Waals surface area contributed by atoms with Crippen molar-refractivity contribution >= 4 is 40.2 Å². The third-order valence-corrected chi connectivity index (χ3v) is 7.79. The van der Waals surface area contributed by atoms with Gasteiger partial charge in [0.25, 0.3) is 0 Å². The second kappa shape index (κ2) is 8.42. The van der Waals surface area contributed by atoms with E-state index in [2.05, 4.69) is 77.8 Å². The largest absolute Gasteiger partial charge is 0.319 e. The van der Waals surface area contributed by atoms with Crippen molar-refractivity contribution in [2.24, 2.45) is 4.99 Å². The lowest BCUT2D eigenvalue weighted by Gasteiger charge is -2.28. The Bertz CT molecular complexity index is 1120. The monoisotopic (exact) mass is 431 g/mol. The molecule has 1 aromatic heterocycles. The lowest BCUT2D eigenvalue weighted by molar-refractivity contribution is 0.189. The molecule has 2 aromatic carbocycles. The van der Waals surface area contributed by atoms with Crippen molar-refractivity contribution in [3.8, 4) is 0 Å². The fourth-order valence-electron chi connectivity index (χ4n) is 3.98. The Morgan fingerprint density at radius 2 is 1.87 bits per heavy atom. The number of nitrogens with one attached hydrogen (secondary N) is 1. The molecule has 0 aliphatic carbocycles. The summed E-state index contributed by atoms with van der Waals surface area (Å²) in [5.41, 5.74) is 10.1. The quantitative estimate of drug-likeness (QED) is 0.392. The lowest BCUT2D eigenvalue weighted by atomic mass is 10.1. The topological polar surface area (TPSA) is 27.6 Å². The van der Waals surface area contributed by atoms with Crippen molar-refractivity contribution in [1.29, 1.82) is 0 Å². The third-order valence-electron chi connectivity index (χ3n) is 5.63. The highest BCUT2D eigenvalue weighted by Gasteiger charge is 2.21. The van der Waals surface area contributed by atoms with E-state index in [1.165, 1.54) is 45.1 Å². The van der Waals surface area contributed by atoms with Crippen LogP contribution in [0.1, 0.15) is 40.8 Å². The first-order valence-electron chi connectivity index (χ1n) is 10.4. The molecule has 0 atom stereocenters. The Morgan fingerprint density at radius 1 is 1.03 bits per heavy atom. The highest BCUT2D eigenvalue weighted by Crippen LogP contribution is 2.42. The predicted octanol–water partition coefficient (Wildman–Crippen LogP) is 6.65. The standard InChI is InChI=1S/C25H25N3S2/c1-17-12-15-29-25(17)24-20-8-4-5-9-22(20)30-23-11-10-19(16-21(23)26-24)18(2)27-28-13-6-3-7-14-28/h4-5,8-12,15-16,27H,2-3,6-7,13-14H2,1H3. The van der Waals surface area contributed by atoms with Crippen LogP contribution in [0.5, 0.6) is 0 Å². The Hall–Kier alpha value is -2.34. The number of aliphatic imine (C=N–C) groups is 1. The Balaban J connectivity index is 1.54. The zero-order valence-corrected chi connectivity index (χ0v) is 18.8. The van der Waals surface area contributed by atoms with E-state index in [0.29, 0.717) is 0 Å². The summed E-state index contributed by atoms with van der Waals surface area (Å²) in [5.74, 6) is 0. The number of hydrazine groups is 1. The van der Waals surface area contributed by atoms with Gasteiger partial charge in [0.1, 0.15) is 0 Å². The van der Waals surface area contributed by atoms with Gasteiger partial charge in [0.05, 0.1) is 16.3 Å². The van der Waals surface area contributed by atoms with Crippen molar-refractivity contribution in [3.63, 3.8) is 0 Å². The number of fused-ring (bicyclic) bond motifs is 2. The first-order valence-corrected chi connectivity index (χ1v) is 12.1. The van der Waals surface area contributed by atoms with Crippen molar-refractivity contribution in [2.75, 3.05) is 13.1 Å². The molecule has 0 bridgehead atoms. The molecule has 5 rings (SSSR count). The SMILES string of the molecule is C=C(NN1CCCCC1)c1ccc2c(c1)N=C(c1sccc1C)c1ccccc1S2. The van der Waals surface area contributed by atoms with Crippen LogP contribution in [0.15, 0.2) is 75.3 Å². The fourth-order valence-corrected chi connectivity index (χ4v) is 5.91. The molecule has 0 radical (unpaired) electrons. The minimum atomic E-state index is 0.940. The van der Waals surface area contributed by atoms with Crippen LogP contribution >= 0.6 is 23.1 Å². The van der Waals surface area contributed by atoms with Gasteiger partial charge < -0.3 is 5.43 Å². The number of aryl methyl sites for hydroxylation is 1. The van der Waals surface area contributed by atoms with Crippen LogP contribution in [-0.4, -0.2) is 23.8 Å². The summed E-state index contributed by atoms with van der Waals surface area (Å²) in [6, 6.07) is 17.3. The van der Waals surface area contributed by atoms with Gasteiger partial charge in [-0.2, -0.15) is 0 Å². The van der Waals surface area contributed by atoms with Crippen LogP contribution in [0.4, 0.5) is 5.69 Å². The van der Waals surface area contributed by atoms with Gasteiger partial charge in [-0.15, -0.1) is 11.3 Å². The minimum Gasteiger partial charge on any atom is -0.319 e. The summed E-state index contributed by atoms with van der Waals surface area (Å²) in [6.45, 7) is 8.63. The Labute approximate surface area is 186 Å². The van der Waals surface area contributed by atoms with Gasteiger partial charge in [0, 0.05) is 39.7 Å². The van der Waals surface area contributed by atoms with Crippen LogP contribution in [0.25, 0.3) is 5.70 Å². The molecule has 0 unspecified atom stereocenters. The normalized spacial score (nSPS) is 16.2. The van der Waals surface area contributed by atoms with Gasteiger partial charge in [-0.1, -0.05) is 49.0 Å². The fraction of sp³-hybridized carbons (Fsp3) is 0.240. The van der Waals surface area contributed by atoms with Gasteiger partial charge in [0.15, 0.2) is 0 Å². The Morgan fingerprint density at radius 3 is 2.67 bits per heavy atom. The first kappa shape index (κ1) is 19.6. The Kier molecular flexibility index (Phi) is 5.50. The highest BCUT2D eigenvalue weighted by atomic mass is 32.2. The number of benzene rings is 2. The van der Waals surface area contributed by atoms with Gasteiger partial charge in [-0.25, -0.2) is 10.0 Å². The average Bonchev–Trinajstić information content (AvgIpc) is 3.12. The molecule has 1 N–H and O–H groups in total. The van der Waals surface area contributed by atoms with E-state index in [9.17, 15) is 0 Å². The number of hydrogen-bond acceptors (Lipinski definition) is 5. The lowest BCUT2D eigenvalue weighted by Crippen LogP contribution is -2.40. The van der Waals surface area contributed by atoms with E-state index in [4.69, 9.17) is 4.99 Å². The van der Waals surface area contributed by atoms with Crippen LogP contribution in [0.3, 0.4) is 0 Å². The zero-order valence-electron chi connectivity index (χ0n) is 17.1. The van der Waals surface area contributed by atoms with E-state index in [1.807, 2.05) is 0 Å². The number of rotatable bonds is 4. The average molecular weight is 432 g/mol. The second-order valence-corrected chi connectivity index (χ2v) is 9.81. The van der Waals surface area contributed by atoms with Gasteiger partial charge in [-0.05, 0) is 55.0 Å². The van der Waals surface area contributed by atoms with Crippen molar-refractivity contribution < 1.29 is 0 Å². The van der Waals surface area contributed by atoms with Crippen LogP contribution in [-0.2, 0) is 0 Å². The minimum absolute atomic E-state index is 0.940. The van der Waals surface area contributed by atoms with Crippen molar-refractivity contribution in [3.05, 3.63) is 82.1 Å². The molecule has 3 nitrogen and oxygen atoms in total. The molecule has 152 valence electrons. The molecule has 5 heteroatoms. The summed E-state index contributed by atoms with van der Waals surface area (Å²) in [5, 5.41) is 4.43. The molecule has 3 aromatic rings. The zero-order chi connectivity index (χ0) is 20.5. The molecular weight excluding hydrogens is 406 g/mol. The smallest absolute Gasteiger partial charge is 0.0895 e. The number of thiophene rings is 1. The van der Waals surface area contributed by atoms with Gasteiger partial charge >= 0.3 is 0 Å². The van der Waals surface area contributed by atoms with E-state index >= 15 is 0 Å². The molecule has 2 aliphatic heterocycles. The van der Waals surface area contributed by atoms with Crippen molar-refractivity contribution in [1.82, 2.24) is 10.4 Å². The van der Waals surface area contributed by atoms with E-state index in [1.54, 1.807) is 23.1 Å². The predicted molar refractivity (Wildman–Crippen MR) is 129 cm³/mol. The van der Waals surface area contributed by atoms with Gasteiger partial charge in [-0.3, -0.25) is 0 Å². The molecular formula is C25H25N3S2. The molecule has 30 heavy (non-hydrogen) atoms. The maximum atomic E-state index is 5.20. The third kappa shape index (κ3) is 3.85. The van der Waals surface area contributed by atoms with Crippen molar-refractivity contribution in [2.45, 2.75) is 36.0 Å². The second-order valence-electron chi connectivity index (χ2n) is 7.81. The molecule has 0 amide bonds. The van der Waals surface area contributed by atoms with Crippen LogP contribution in [0.2, 0.25) is 0 Å². The first-order chi connectivity index (χ1) is 14.7. The summed E-state index contributed by atoms with van der Waals surface area (Å²) < 4.78 is 0. The molecule has 2 aliphatic rings. The maximum Gasteiger partial charge on any atom is 0.0895 e. The molecule has 3 heterocycles. The highest BCUT2D eigenvalue weighted by molar-refractivity contribution is 7.99. The number of piperidine rings is 1. The summed E-state index contributed by atoms with van der Waals surface area (Å²) in [6.07, 6.45) is 3.81. The maximum absolute atomic E-state index is 5.20. The summed E-state index contributed by atoms with van der Waals surface area (Å²) >= 11 is 3.56. The van der Waals surface area contributed by atoms with E-state index in [-0.39, 0.29) is 0 Å². The summed E-state index contributed by atoms with van der Waals surface area (Å²) in [7, 11) is 0. The van der Waals surface area contributed by atoms with E-state index < -0.39 is 0 Å². The summed E-state index contributed by atoms with van der Waals surface area (Å²) in [4.78, 5) is 8.87.